The minimum Gasteiger partial charge on any atom is -0.285 e. The van der Waals surface area contributed by atoms with Gasteiger partial charge >= 0.3 is 0 Å². The Kier molecular flexibility index (Phi) is 2.78. The van der Waals surface area contributed by atoms with Crippen LogP contribution in [0, 0.1) is 0 Å². The summed E-state index contributed by atoms with van der Waals surface area (Å²) in [5, 5.41) is 8.35. The Morgan fingerprint density at radius 3 is 2.81 bits per heavy atom. The third-order valence-electron chi connectivity index (χ3n) is 2.36. The van der Waals surface area contributed by atoms with Gasteiger partial charge in [0.25, 0.3) is 0 Å². The predicted molar refractivity (Wildman–Crippen MR) is 59.6 cm³/mol. The van der Waals surface area contributed by atoms with Crippen molar-refractivity contribution < 1.29 is 4.79 Å². The lowest BCUT2D eigenvalue weighted by Gasteiger charge is -2.04. The van der Waals surface area contributed by atoms with Crippen LogP contribution in [0.4, 0.5) is 0 Å². The number of halogens is 1. The molecule has 2 heterocycles. The van der Waals surface area contributed by atoms with Crippen LogP contribution in [0.15, 0.2) is 18.5 Å². The molecule has 0 aliphatic heterocycles. The van der Waals surface area contributed by atoms with Crippen molar-refractivity contribution in [2.45, 2.75) is 13.5 Å². The topological polar surface area (TPSA) is 52.7 Å². The van der Waals surface area contributed by atoms with Crippen LogP contribution >= 0.6 is 11.6 Å². The van der Waals surface area contributed by atoms with Crippen LogP contribution in [0.2, 0.25) is 5.02 Å². The standard InChI is InChI=1S/C10H11ClN4O/c1-3-15-9(7(11)6-13-15)10(16)8-4-5-12-14(8)2/h4-6H,3H2,1-2H3. The predicted octanol–water partition coefficient (Wildman–Crippen LogP) is 1.52. The van der Waals surface area contributed by atoms with Crippen molar-refractivity contribution in [3.63, 3.8) is 0 Å². The van der Waals surface area contributed by atoms with Gasteiger partial charge in [0.1, 0.15) is 11.4 Å². The van der Waals surface area contributed by atoms with Gasteiger partial charge in [0.15, 0.2) is 0 Å². The molecule has 6 heteroatoms. The maximum atomic E-state index is 12.2. The molecule has 2 aromatic heterocycles. The summed E-state index contributed by atoms with van der Waals surface area (Å²) in [6, 6.07) is 1.66. The van der Waals surface area contributed by atoms with Gasteiger partial charge in [-0.2, -0.15) is 10.2 Å². The van der Waals surface area contributed by atoms with Gasteiger partial charge in [-0.25, -0.2) is 0 Å². The molecule has 0 saturated heterocycles. The van der Waals surface area contributed by atoms with Gasteiger partial charge in [-0.15, -0.1) is 0 Å². The molecule has 0 aromatic carbocycles. The highest BCUT2D eigenvalue weighted by atomic mass is 35.5. The van der Waals surface area contributed by atoms with Crippen molar-refractivity contribution >= 4 is 17.4 Å². The van der Waals surface area contributed by atoms with Crippen LogP contribution < -0.4 is 0 Å². The van der Waals surface area contributed by atoms with Crippen molar-refractivity contribution in [1.82, 2.24) is 19.6 Å². The van der Waals surface area contributed by atoms with E-state index in [9.17, 15) is 4.79 Å². The first-order valence-electron chi connectivity index (χ1n) is 4.89. The summed E-state index contributed by atoms with van der Waals surface area (Å²) in [6.45, 7) is 2.51. The second-order valence-corrected chi connectivity index (χ2v) is 3.73. The van der Waals surface area contributed by atoms with Crippen LogP contribution in [-0.4, -0.2) is 25.3 Å². The Hall–Kier alpha value is -1.62. The molecule has 0 aliphatic carbocycles. The summed E-state index contributed by atoms with van der Waals surface area (Å²) < 4.78 is 3.10. The monoisotopic (exact) mass is 238 g/mol. The van der Waals surface area contributed by atoms with Gasteiger partial charge in [-0.3, -0.25) is 14.2 Å². The quantitative estimate of drug-likeness (QED) is 0.762. The molecular weight excluding hydrogens is 228 g/mol. The molecule has 0 atom stereocenters. The fourth-order valence-corrected chi connectivity index (χ4v) is 1.77. The average molecular weight is 239 g/mol. The van der Waals surface area contributed by atoms with Gasteiger partial charge in [0, 0.05) is 19.8 Å². The number of aryl methyl sites for hydroxylation is 2. The molecule has 0 fully saturated rings. The third kappa shape index (κ3) is 1.63. The number of aromatic nitrogens is 4. The molecule has 0 spiro atoms. The highest BCUT2D eigenvalue weighted by Gasteiger charge is 2.20. The zero-order valence-electron chi connectivity index (χ0n) is 9.01. The number of ketones is 1. The molecule has 2 aromatic rings. The van der Waals surface area contributed by atoms with E-state index in [0.29, 0.717) is 23.0 Å². The average Bonchev–Trinajstić information content (AvgIpc) is 2.83. The molecule has 0 unspecified atom stereocenters. The number of nitrogens with zero attached hydrogens (tertiary/aromatic N) is 4. The number of carbonyl (C=O) groups excluding carboxylic acids is 1. The van der Waals surface area contributed by atoms with E-state index in [2.05, 4.69) is 10.2 Å². The maximum absolute atomic E-state index is 12.2. The van der Waals surface area contributed by atoms with Crippen molar-refractivity contribution in [2.24, 2.45) is 7.05 Å². The molecule has 5 nitrogen and oxygen atoms in total. The van der Waals surface area contributed by atoms with Gasteiger partial charge in [0.2, 0.25) is 5.78 Å². The number of carbonyl (C=O) groups is 1. The zero-order chi connectivity index (χ0) is 11.7. The van der Waals surface area contributed by atoms with Crippen LogP contribution in [0.5, 0.6) is 0 Å². The van der Waals surface area contributed by atoms with E-state index in [1.54, 1.807) is 24.0 Å². The molecule has 0 radical (unpaired) electrons. The van der Waals surface area contributed by atoms with Gasteiger partial charge in [-0.1, -0.05) is 11.6 Å². The molecule has 0 amide bonds. The number of hydrogen-bond acceptors (Lipinski definition) is 3. The minimum atomic E-state index is -0.163. The fourth-order valence-electron chi connectivity index (χ4n) is 1.55. The summed E-state index contributed by atoms with van der Waals surface area (Å²) in [6.07, 6.45) is 3.06. The van der Waals surface area contributed by atoms with Gasteiger partial charge in [-0.05, 0) is 13.0 Å². The maximum Gasteiger partial charge on any atom is 0.230 e. The second kappa shape index (κ2) is 4.09. The largest absolute Gasteiger partial charge is 0.285 e. The first-order valence-corrected chi connectivity index (χ1v) is 5.27. The molecule has 16 heavy (non-hydrogen) atoms. The van der Waals surface area contributed by atoms with Gasteiger partial charge < -0.3 is 0 Å². The first kappa shape index (κ1) is 10.9. The Labute approximate surface area is 97.6 Å². The SMILES string of the molecule is CCn1ncc(Cl)c1C(=O)c1ccnn1C. The van der Waals surface area contributed by atoms with Crippen molar-refractivity contribution in [3.8, 4) is 0 Å². The van der Waals surface area contributed by atoms with Crippen LogP contribution in [0.1, 0.15) is 23.1 Å². The summed E-state index contributed by atoms with van der Waals surface area (Å²) in [5.74, 6) is -0.163. The van der Waals surface area contributed by atoms with E-state index in [-0.39, 0.29) is 5.78 Å². The van der Waals surface area contributed by atoms with E-state index in [1.165, 1.54) is 10.9 Å². The minimum absolute atomic E-state index is 0.163. The van der Waals surface area contributed by atoms with E-state index >= 15 is 0 Å². The highest BCUT2D eigenvalue weighted by molar-refractivity contribution is 6.34. The van der Waals surface area contributed by atoms with E-state index < -0.39 is 0 Å². The molecule has 0 aliphatic rings. The summed E-state index contributed by atoms with van der Waals surface area (Å²) in [7, 11) is 1.72. The zero-order valence-corrected chi connectivity index (χ0v) is 9.77. The Balaban J connectivity index is 2.49. The highest BCUT2D eigenvalue weighted by Crippen LogP contribution is 2.18. The van der Waals surface area contributed by atoms with Crippen molar-refractivity contribution in [1.29, 1.82) is 0 Å². The first-order chi connectivity index (χ1) is 7.65. The van der Waals surface area contributed by atoms with E-state index in [0.717, 1.165) is 0 Å². The summed E-state index contributed by atoms with van der Waals surface area (Å²) in [4.78, 5) is 12.2. The van der Waals surface area contributed by atoms with Gasteiger partial charge in [0.05, 0.1) is 11.2 Å². The van der Waals surface area contributed by atoms with Crippen molar-refractivity contribution in [3.05, 3.63) is 34.9 Å². The summed E-state index contributed by atoms with van der Waals surface area (Å²) in [5.41, 5.74) is 0.907. The number of rotatable bonds is 3. The Bertz CT molecular complexity index is 529. The fraction of sp³-hybridized carbons (Fsp3) is 0.300. The van der Waals surface area contributed by atoms with Crippen LogP contribution in [-0.2, 0) is 13.6 Å². The molecule has 0 saturated carbocycles. The van der Waals surface area contributed by atoms with E-state index in [1.807, 2.05) is 6.92 Å². The molecule has 0 N–H and O–H groups in total. The smallest absolute Gasteiger partial charge is 0.230 e. The second-order valence-electron chi connectivity index (χ2n) is 3.33. The molecular formula is C10H11ClN4O. The van der Waals surface area contributed by atoms with Crippen LogP contribution in [0.25, 0.3) is 0 Å². The molecule has 84 valence electrons. The lowest BCUT2D eigenvalue weighted by Crippen LogP contribution is -2.14. The lowest BCUT2D eigenvalue weighted by atomic mass is 10.2. The normalized spacial score (nSPS) is 10.7. The van der Waals surface area contributed by atoms with Crippen LogP contribution in [0.3, 0.4) is 0 Å². The third-order valence-corrected chi connectivity index (χ3v) is 2.64. The van der Waals surface area contributed by atoms with Crippen molar-refractivity contribution in [2.75, 3.05) is 0 Å². The Morgan fingerprint density at radius 2 is 2.25 bits per heavy atom. The molecule has 0 bridgehead atoms. The lowest BCUT2D eigenvalue weighted by molar-refractivity contribution is 0.102. The molecule has 2 rings (SSSR count). The van der Waals surface area contributed by atoms with E-state index in [4.69, 9.17) is 11.6 Å². The Morgan fingerprint density at radius 1 is 1.50 bits per heavy atom. The summed E-state index contributed by atoms with van der Waals surface area (Å²) >= 11 is 5.95. The number of hydrogen-bond donors (Lipinski definition) is 0.